The summed E-state index contributed by atoms with van der Waals surface area (Å²) in [6.45, 7) is 2.93. The van der Waals surface area contributed by atoms with E-state index in [9.17, 15) is 14.4 Å². The lowest BCUT2D eigenvalue weighted by molar-refractivity contribution is -0.144. The third kappa shape index (κ3) is 4.68. The number of amides is 1. The van der Waals surface area contributed by atoms with Crippen molar-refractivity contribution in [2.45, 2.75) is 13.8 Å². The molecule has 144 valence electrons. The van der Waals surface area contributed by atoms with Crippen LogP contribution in [-0.2, 0) is 19.1 Å². The number of aromatic nitrogens is 1. The first kappa shape index (κ1) is 20.5. The van der Waals surface area contributed by atoms with Crippen molar-refractivity contribution in [3.05, 3.63) is 52.3 Å². The van der Waals surface area contributed by atoms with Crippen LogP contribution in [-0.4, -0.2) is 54.6 Å². The first-order valence-electron chi connectivity index (χ1n) is 8.16. The molecular formula is C19H21ClN2O5. The number of carbonyl (C=O) groups is 3. The number of nitrogens with zero attached hydrogens (tertiary/aromatic N) is 2. The highest BCUT2D eigenvalue weighted by Gasteiger charge is 2.26. The van der Waals surface area contributed by atoms with Gasteiger partial charge in [-0.15, -0.1) is 0 Å². The van der Waals surface area contributed by atoms with Gasteiger partial charge >= 0.3 is 11.9 Å². The van der Waals surface area contributed by atoms with Crippen LogP contribution in [0.5, 0.6) is 0 Å². The molecule has 2 rings (SSSR count). The zero-order chi connectivity index (χ0) is 20.1. The molecule has 0 saturated heterocycles. The molecule has 0 spiro atoms. The molecule has 0 aliphatic rings. The summed E-state index contributed by atoms with van der Waals surface area (Å²) in [7, 11) is 2.43. The Morgan fingerprint density at radius 2 is 1.63 bits per heavy atom. The van der Waals surface area contributed by atoms with Crippen molar-refractivity contribution in [1.29, 1.82) is 0 Å². The molecule has 0 aliphatic carbocycles. The quantitative estimate of drug-likeness (QED) is 0.706. The van der Waals surface area contributed by atoms with Gasteiger partial charge < -0.3 is 18.9 Å². The van der Waals surface area contributed by atoms with Crippen LogP contribution in [0.2, 0.25) is 5.02 Å². The monoisotopic (exact) mass is 392 g/mol. The van der Waals surface area contributed by atoms with E-state index in [1.165, 1.54) is 14.2 Å². The SMILES string of the molecule is COC(=O)CN(CC(=O)OC)C(=O)c1cc(C)n(-c2cccc(Cl)c2)c1C. The molecule has 0 N–H and O–H groups in total. The second-order valence-corrected chi connectivity index (χ2v) is 6.35. The highest BCUT2D eigenvalue weighted by Crippen LogP contribution is 2.24. The number of benzene rings is 1. The van der Waals surface area contributed by atoms with Crippen molar-refractivity contribution >= 4 is 29.4 Å². The Balaban J connectivity index is 2.42. The third-order valence-electron chi connectivity index (χ3n) is 4.11. The maximum atomic E-state index is 13.0. The molecule has 7 nitrogen and oxygen atoms in total. The van der Waals surface area contributed by atoms with Crippen molar-refractivity contribution in [1.82, 2.24) is 9.47 Å². The van der Waals surface area contributed by atoms with E-state index in [4.69, 9.17) is 11.6 Å². The van der Waals surface area contributed by atoms with Crippen LogP contribution in [0.4, 0.5) is 0 Å². The number of methoxy groups -OCH3 is 2. The second kappa shape index (κ2) is 8.73. The minimum absolute atomic E-state index is 0.356. The zero-order valence-corrected chi connectivity index (χ0v) is 16.4. The number of carbonyl (C=O) groups excluding carboxylic acids is 3. The summed E-state index contributed by atoms with van der Waals surface area (Å²) in [5, 5.41) is 0.575. The summed E-state index contributed by atoms with van der Waals surface area (Å²) in [4.78, 5) is 37.4. The molecule has 1 amide bonds. The van der Waals surface area contributed by atoms with Crippen molar-refractivity contribution in [2.24, 2.45) is 0 Å². The normalized spacial score (nSPS) is 10.4. The van der Waals surface area contributed by atoms with Gasteiger partial charge in [0, 0.05) is 22.1 Å². The standard InChI is InChI=1S/C19H21ClN2O5/c1-12-8-16(13(2)22(12)15-7-5-6-14(20)9-15)19(25)21(10-17(23)26-3)11-18(24)27-4/h5-9H,10-11H2,1-4H3. The minimum atomic E-state index is -0.629. The topological polar surface area (TPSA) is 77.8 Å². The van der Waals surface area contributed by atoms with E-state index in [1.807, 2.05) is 23.6 Å². The lowest BCUT2D eigenvalue weighted by Gasteiger charge is -2.20. The molecule has 1 aromatic heterocycles. The van der Waals surface area contributed by atoms with Gasteiger partial charge in [0.2, 0.25) is 0 Å². The van der Waals surface area contributed by atoms with E-state index in [-0.39, 0.29) is 13.1 Å². The first-order chi connectivity index (χ1) is 12.8. The largest absolute Gasteiger partial charge is 0.468 e. The Morgan fingerprint density at radius 1 is 1.04 bits per heavy atom. The third-order valence-corrected chi connectivity index (χ3v) is 4.35. The first-order valence-corrected chi connectivity index (χ1v) is 8.54. The Kier molecular flexibility index (Phi) is 6.63. The molecule has 1 aromatic carbocycles. The lowest BCUT2D eigenvalue weighted by atomic mass is 10.2. The second-order valence-electron chi connectivity index (χ2n) is 5.91. The predicted molar refractivity (Wildman–Crippen MR) is 100 cm³/mol. The Labute approximate surface area is 162 Å². The van der Waals surface area contributed by atoms with Crippen molar-refractivity contribution in [3.63, 3.8) is 0 Å². The Bertz CT molecular complexity index is 857. The Morgan fingerprint density at radius 3 is 2.15 bits per heavy atom. The molecule has 0 bridgehead atoms. The lowest BCUT2D eigenvalue weighted by Crippen LogP contribution is -2.40. The van der Waals surface area contributed by atoms with Crippen LogP contribution in [0, 0.1) is 13.8 Å². The van der Waals surface area contributed by atoms with E-state index >= 15 is 0 Å². The number of hydrogen-bond donors (Lipinski definition) is 0. The van der Waals surface area contributed by atoms with E-state index in [2.05, 4.69) is 9.47 Å². The van der Waals surface area contributed by atoms with Gasteiger partial charge in [0.05, 0.1) is 19.8 Å². The summed E-state index contributed by atoms with van der Waals surface area (Å²) < 4.78 is 11.1. The molecule has 0 radical (unpaired) electrons. The average molecular weight is 393 g/mol. The summed E-state index contributed by atoms with van der Waals surface area (Å²) in [6.07, 6.45) is 0. The molecule has 8 heteroatoms. The van der Waals surface area contributed by atoms with E-state index in [1.54, 1.807) is 25.1 Å². The Hall–Kier alpha value is -2.80. The van der Waals surface area contributed by atoms with Crippen molar-refractivity contribution in [3.8, 4) is 5.69 Å². The van der Waals surface area contributed by atoms with Crippen LogP contribution in [0.3, 0.4) is 0 Å². The number of rotatable bonds is 6. The van der Waals surface area contributed by atoms with Crippen molar-refractivity contribution in [2.75, 3.05) is 27.3 Å². The van der Waals surface area contributed by atoms with Crippen molar-refractivity contribution < 1.29 is 23.9 Å². The molecule has 27 heavy (non-hydrogen) atoms. The van der Waals surface area contributed by atoms with Gasteiger partial charge in [0.1, 0.15) is 13.1 Å². The highest BCUT2D eigenvalue weighted by molar-refractivity contribution is 6.30. The summed E-state index contributed by atoms with van der Waals surface area (Å²) >= 11 is 6.07. The highest BCUT2D eigenvalue weighted by atomic mass is 35.5. The zero-order valence-electron chi connectivity index (χ0n) is 15.6. The molecule has 0 saturated carbocycles. The van der Waals surface area contributed by atoms with Gasteiger partial charge in [0.25, 0.3) is 5.91 Å². The van der Waals surface area contributed by atoms with Crippen LogP contribution in [0.1, 0.15) is 21.7 Å². The summed E-state index contributed by atoms with van der Waals surface area (Å²) in [5.74, 6) is -1.72. The smallest absolute Gasteiger partial charge is 0.325 e. The van der Waals surface area contributed by atoms with Gasteiger partial charge in [-0.1, -0.05) is 17.7 Å². The van der Waals surface area contributed by atoms with Gasteiger partial charge in [-0.05, 0) is 38.1 Å². The number of halogens is 1. The van der Waals surface area contributed by atoms with E-state index < -0.39 is 17.8 Å². The molecule has 2 aromatic rings. The summed E-state index contributed by atoms with van der Waals surface area (Å²) in [5.41, 5.74) is 2.66. The number of ether oxygens (including phenoxy) is 2. The molecule has 0 atom stereocenters. The fraction of sp³-hybridized carbons (Fsp3) is 0.316. The molecule has 1 heterocycles. The van der Waals surface area contributed by atoms with Crippen LogP contribution in [0.15, 0.2) is 30.3 Å². The maximum Gasteiger partial charge on any atom is 0.325 e. The number of aryl methyl sites for hydroxylation is 1. The predicted octanol–water partition coefficient (Wildman–Crippen LogP) is 2.54. The average Bonchev–Trinajstić information content (AvgIpc) is 2.94. The van der Waals surface area contributed by atoms with Crippen LogP contribution < -0.4 is 0 Å². The molecule has 0 aliphatic heterocycles. The van der Waals surface area contributed by atoms with Crippen LogP contribution in [0.25, 0.3) is 5.69 Å². The maximum absolute atomic E-state index is 13.0. The minimum Gasteiger partial charge on any atom is -0.468 e. The number of esters is 2. The van der Waals surface area contributed by atoms with Gasteiger partial charge in [-0.3, -0.25) is 14.4 Å². The fourth-order valence-corrected chi connectivity index (χ4v) is 2.99. The van der Waals surface area contributed by atoms with Gasteiger partial charge in [-0.25, -0.2) is 0 Å². The van der Waals surface area contributed by atoms with Gasteiger partial charge in [-0.2, -0.15) is 0 Å². The number of hydrogen-bond acceptors (Lipinski definition) is 5. The summed E-state index contributed by atoms with van der Waals surface area (Å²) in [6, 6.07) is 8.95. The van der Waals surface area contributed by atoms with Gasteiger partial charge in [0.15, 0.2) is 0 Å². The van der Waals surface area contributed by atoms with E-state index in [0.29, 0.717) is 16.3 Å². The van der Waals surface area contributed by atoms with E-state index in [0.717, 1.165) is 16.3 Å². The molecule has 0 fully saturated rings. The fourth-order valence-electron chi connectivity index (χ4n) is 2.80. The molecule has 0 unspecified atom stereocenters. The van der Waals surface area contributed by atoms with Crippen LogP contribution >= 0.6 is 11.6 Å². The molecular weight excluding hydrogens is 372 g/mol.